The Balaban J connectivity index is 1.59. The number of fused-ring (bicyclic) bond motifs is 1. The van der Waals surface area contributed by atoms with Crippen molar-refractivity contribution in [3.63, 3.8) is 0 Å². The van der Waals surface area contributed by atoms with Crippen LogP contribution < -0.4 is 20.1 Å². The van der Waals surface area contributed by atoms with Gasteiger partial charge in [0.05, 0.1) is 12.8 Å². The summed E-state index contributed by atoms with van der Waals surface area (Å²) in [7, 11) is 0. The highest BCUT2D eigenvalue weighted by Crippen LogP contribution is 2.32. The van der Waals surface area contributed by atoms with E-state index in [1.54, 1.807) is 31.3 Å². The Morgan fingerprint density at radius 2 is 2.30 bits per heavy atom. The lowest BCUT2D eigenvalue weighted by Gasteiger charge is -2.23. The molecule has 1 aliphatic rings. The largest absolute Gasteiger partial charge is 0.490 e. The van der Waals surface area contributed by atoms with Crippen LogP contribution in [0.25, 0.3) is 0 Å². The number of urea groups is 1. The SMILES string of the molecule is CCOc1cccc(CNC(=O)NC2CCc3[nH]ncc3C2)c1OC(F)F. The minimum atomic E-state index is -2.98. The van der Waals surface area contributed by atoms with Crippen molar-refractivity contribution >= 4 is 6.03 Å². The van der Waals surface area contributed by atoms with E-state index in [0.29, 0.717) is 18.6 Å². The van der Waals surface area contributed by atoms with Gasteiger partial charge in [-0.15, -0.1) is 0 Å². The van der Waals surface area contributed by atoms with Crippen molar-refractivity contribution in [1.82, 2.24) is 20.8 Å². The highest BCUT2D eigenvalue weighted by molar-refractivity contribution is 5.74. The van der Waals surface area contributed by atoms with Gasteiger partial charge >= 0.3 is 12.6 Å². The number of carbonyl (C=O) groups is 1. The number of aryl methyl sites for hydroxylation is 1. The fourth-order valence-corrected chi connectivity index (χ4v) is 3.14. The lowest BCUT2D eigenvalue weighted by Crippen LogP contribution is -2.44. The van der Waals surface area contributed by atoms with E-state index in [4.69, 9.17) is 4.74 Å². The number of hydrogen-bond acceptors (Lipinski definition) is 4. The Morgan fingerprint density at radius 3 is 3.07 bits per heavy atom. The van der Waals surface area contributed by atoms with Crippen LogP contribution in [0.3, 0.4) is 0 Å². The molecule has 1 atom stereocenters. The maximum Gasteiger partial charge on any atom is 0.387 e. The van der Waals surface area contributed by atoms with E-state index in [1.807, 2.05) is 0 Å². The molecule has 0 bridgehead atoms. The monoisotopic (exact) mass is 380 g/mol. The van der Waals surface area contributed by atoms with Gasteiger partial charge in [0, 0.05) is 23.8 Å². The standard InChI is InChI=1S/C18H22F2N4O3/c1-2-26-15-5-3-4-11(16(15)27-17(19)20)9-21-18(25)23-13-6-7-14-12(8-13)10-22-24-14/h3-5,10,13,17H,2,6-9H2,1H3,(H,22,24)(H2,21,23,25). The van der Waals surface area contributed by atoms with E-state index < -0.39 is 6.61 Å². The van der Waals surface area contributed by atoms with Gasteiger partial charge in [-0.25, -0.2) is 4.79 Å². The first-order chi connectivity index (χ1) is 13.1. The second kappa shape index (κ2) is 8.70. The molecule has 7 nitrogen and oxygen atoms in total. The first-order valence-electron chi connectivity index (χ1n) is 8.81. The van der Waals surface area contributed by atoms with Crippen LogP contribution in [0.2, 0.25) is 0 Å². The number of para-hydroxylation sites is 1. The smallest absolute Gasteiger partial charge is 0.387 e. The number of aromatic nitrogens is 2. The zero-order valence-electron chi connectivity index (χ0n) is 14.9. The van der Waals surface area contributed by atoms with Gasteiger partial charge in [0.2, 0.25) is 0 Å². The molecule has 0 saturated heterocycles. The second-order valence-corrected chi connectivity index (χ2v) is 6.20. The van der Waals surface area contributed by atoms with E-state index in [0.717, 1.165) is 24.1 Å². The number of hydrogen-bond donors (Lipinski definition) is 3. The van der Waals surface area contributed by atoms with Crippen LogP contribution in [-0.4, -0.2) is 35.5 Å². The third kappa shape index (κ3) is 4.87. The van der Waals surface area contributed by atoms with Crippen LogP contribution in [0, 0.1) is 0 Å². The molecule has 0 fully saturated rings. The van der Waals surface area contributed by atoms with E-state index >= 15 is 0 Å². The molecule has 0 saturated carbocycles. The number of nitrogens with one attached hydrogen (secondary N) is 3. The third-order valence-corrected chi connectivity index (χ3v) is 4.36. The van der Waals surface area contributed by atoms with E-state index in [9.17, 15) is 13.6 Å². The predicted molar refractivity (Wildman–Crippen MR) is 94.0 cm³/mol. The Morgan fingerprint density at radius 1 is 1.44 bits per heavy atom. The van der Waals surface area contributed by atoms with Gasteiger partial charge in [0.25, 0.3) is 0 Å². The molecule has 1 aromatic carbocycles. The molecule has 3 N–H and O–H groups in total. The quantitative estimate of drug-likeness (QED) is 0.689. The Labute approximate surface area is 155 Å². The number of halogens is 2. The zero-order chi connectivity index (χ0) is 19.2. The number of benzene rings is 1. The molecule has 1 aromatic heterocycles. The molecule has 3 rings (SSSR count). The average molecular weight is 380 g/mol. The molecule has 1 aliphatic carbocycles. The van der Waals surface area contributed by atoms with Crippen LogP contribution in [0.1, 0.15) is 30.2 Å². The van der Waals surface area contributed by atoms with Crippen molar-refractivity contribution in [3.8, 4) is 11.5 Å². The lowest BCUT2D eigenvalue weighted by atomic mass is 9.94. The topological polar surface area (TPSA) is 88.3 Å². The van der Waals surface area contributed by atoms with Gasteiger partial charge < -0.3 is 20.1 Å². The Hall–Kier alpha value is -2.84. The number of nitrogens with zero attached hydrogens (tertiary/aromatic N) is 1. The number of rotatable bonds is 7. The molecule has 9 heteroatoms. The summed E-state index contributed by atoms with van der Waals surface area (Å²) in [6.07, 6.45) is 4.11. The summed E-state index contributed by atoms with van der Waals surface area (Å²) in [6.45, 7) is -0.877. The predicted octanol–water partition coefficient (Wildman–Crippen LogP) is 2.77. The van der Waals surface area contributed by atoms with Crippen LogP contribution in [0.15, 0.2) is 24.4 Å². The number of alkyl halides is 2. The van der Waals surface area contributed by atoms with E-state index in [2.05, 4.69) is 25.6 Å². The maximum absolute atomic E-state index is 12.7. The Bertz CT molecular complexity index is 782. The second-order valence-electron chi connectivity index (χ2n) is 6.20. The van der Waals surface area contributed by atoms with Crippen LogP contribution in [-0.2, 0) is 19.4 Å². The molecule has 27 heavy (non-hydrogen) atoms. The van der Waals surface area contributed by atoms with Crippen LogP contribution in [0.4, 0.5) is 13.6 Å². The van der Waals surface area contributed by atoms with E-state index in [-0.39, 0.29) is 30.1 Å². The number of aromatic amines is 1. The summed E-state index contributed by atoms with van der Waals surface area (Å²) in [4.78, 5) is 12.2. The molecule has 146 valence electrons. The first kappa shape index (κ1) is 18.9. The molecule has 2 amide bonds. The minimum absolute atomic E-state index is 0.00152. The van der Waals surface area contributed by atoms with Crippen LogP contribution in [0.5, 0.6) is 11.5 Å². The van der Waals surface area contributed by atoms with Crippen molar-refractivity contribution in [3.05, 3.63) is 41.2 Å². The van der Waals surface area contributed by atoms with Crippen molar-refractivity contribution in [1.29, 1.82) is 0 Å². The lowest BCUT2D eigenvalue weighted by molar-refractivity contribution is -0.0520. The fourth-order valence-electron chi connectivity index (χ4n) is 3.14. The summed E-state index contributed by atoms with van der Waals surface area (Å²) in [5.74, 6) is 0.160. The van der Waals surface area contributed by atoms with E-state index in [1.165, 1.54) is 0 Å². The number of ether oxygens (including phenoxy) is 2. The summed E-state index contributed by atoms with van der Waals surface area (Å²) < 4.78 is 35.4. The van der Waals surface area contributed by atoms with Crippen molar-refractivity contribution in [2.24, 2.45) is 0 Å². The van der Waals surface area contributed by atoms with Gasteiger partial charge in [-0.05, 0) is 37.8 Å². The van der Waals surface area contributed by atoms with Crippen molar-refractivity contribution in [2.45, 2.75) is 45.4 Å². The van der Waals surface area contributed by atoms with Gasteiger partial charge in [-0.3, -0.25) is 5.10 Å². The van der Waals surface area contributed by atoms with Crippen molar-refractivity contribution < 1.29 is 23.0 Å². The fraction of sp³-hybridized carbons (Fsp3) is 0.444. The van der Waals surface area contributed by atoms with Gasteiger partial charge in [-0.2, -0.15) is 13.9 Å². The highest BCUT2D eigenvalue weighted by Gasteiger charge is 2.22. The normalized spacial score (nSPS) is 15.9. The summed E-state index contributed by atoms with van der Waals surface area (Å²) in [5, 5.41) is 12.6. The van der Waals surface area contributed by atoms with Crippen molar-refractivity contribution in [2.75, 3.05) is 6.61 Å². The molecule has 0 radical (unpaired) electrons. The molecule has 1 unspecified atom stereocenters. The first-order valence-corrected chi connectivity index (χ1v) is 8.81. The third-order valence-electron chi connectivity index (χ3n) is 4.36. The number of amides is 2. The maximum atomic E-state index is 12.7. The number of H-pyrrole nitrogens is 1. The Kier molecular flexibility index (Phi) is 6.10. The summed E-state index contributed by atoms with van der Waals surface area (Å²) >= 11 is 0. The van der Waals surface area contributed by atoms with Crippen LogP contribution >= 0.6 is 0 Å². The van der Waals surface area contributed by atoms with Gasteiger partial charge in [0.1, 0.15) is 0 Å². The average Bonchev–Trinajstić information content (AvgIpc) is 3.09. The molecule has 2 aromatic rings. The minimum Gasteiger partial charge on any atom is -0.490 e. The molecule has 1 heterocycles. The molecule has 0 aliphatic heterocycles. The summed E-state index contributed by atoms with van der Waals surface area (Å²) in [6, 6.07) is 4.46. The number of carbonyl (C=O) groups excluding carboxylic acids is 1. The highest BCUT2D eigenvalue weighted by atomic mass is 19.3. The molecule has 0 spiro atoms. The molecular weight excluding hydrogens is 358 g/mol. The zero-order valence-corrected chi connectivity index (χ0v) is 14.9. The molecular formula is C18H22F2N4O3. The summed E-state index contributed by atoms with van der Waals surface area (Å²) in [5.41, 5.74) is 2.62. The van der Waals surface area contributed by atoms with Gasteiger partial charge in [0.15, 0.2) is 11.5 Å². The van der Waals surface area contributed by atoms with Gasteiger partial charge in [-0.1, -0.05) is 12.1 Å².